The van der Waals surface area contributed by atoms with E-state index in [2.05, 4.69) is 30.1 Å². The standard InChI is InChI=1S/C12H14N2OS/c1-4-9-5-6-10-11(7-9)16-12(14(10)3)13-8(2)15/h5-7H,4H2,1-3H3. The molecule has 2 rings (SSSR count). The molecule has 0 atom stereocenters. The molecule has 1 aromatic carbocycles. The van der Waals surface area contributed by atoms with Gasteiger partial charge in [0.15, 0.2) is 4.80 Å². The SMILES string of the molecule is CCc1ccc2c(c1)sc(=NC(C)=O)n2C. The minimum atomic E-state index is -0.155. The molecule has 0 saturated carbocycles. The smallest absolute Gasteiger partial charge is 0.245 e. The fourth-order valence-corrected chi connectivity index (χ4v) is 2.77. The van der Waals surface area contributed by atoms with E-state index >= 15 is 0 Å². The monoisotopic (exact) mass is 234 g/mol. The maximum atomic E-state index is 11.0. The predicted octanol–water partition coefficient (Wildman–Crippen LogP) is 2.25. The average molecular weight is 234 g/mol. The van der Waals surface area contributed by atoms with Gasteiger partial charge >= 0.3 is 0 Å². The molecule has 0 aliphatic heterocycles. The zero-order valence-corrected chi connectivity index (χ0v) is 10.5. The number of benzene rings is 1. The summed E-state index contributed by atoms with van der Waals surface area (Å²) in [6.07, 6.45) is 1.02. The summed E-state index contributed by atoms with van der Waals surface area (Å²) >= 11 is 1.56. The summed E-state index contributed by atoms with van der Waals surface area (Å²) < 4.78 is 3.14. The van der Waals surface area contributed by atoms with Crippen LogP contribution in [0.3, 0.4) is 0 Å². The Labute approximate surface area is 98.1 Å². The minimum absolute atomic E-state index is 0.155. The van der Waals surface area contributed by atoms with Crippen molar-refractivity contribution in [3.63, 3.8) is 0 Å². The van der Waals surface area contributed by atoms with Crippen molar-refractivity contribution in [3.05, 3.63) is 28.6 Å². The fraction of sp³-hybridized carbons (Fsp3) is 0.333. The maximum absolute atomic E-state index is 11.0. The van der Waals surface area contributed by atoms with Crippen molar-refractivity contribution in [2.24, 2.45) is 12.0 Å². The molecule has 84 valence electrons. The number of carbonyl (C=O) groups is 1. The first-order valence-electron chi connectivity index (χ1n) is 5.25. The molecule has 3 nitrogen and oxygen atoms in total. The van der Waals surface area contributed by atoms with Gasteiger partial charge in [-0.1, -0.05) is 24.3 Å². The normalized spacial score (nSPS) is 12.3. The number of aromatic nitrogens is 1. The summed E-state index contributed by atoms with van der Waals surface area (Å²) in [6.45, 7) is 3.61. The molecule has 0 unspecified atom stereocenters. The Bertz CT molecular complexity index is 607. The third kappa shape index (κ3) is 1.93. The van der Waals surface area contributed by atoms with E-state index in [9.17, 15) is 4.79 Å². The number of carbonyl (C=O) groups excluding carboxylic acids is 1. The average Bonchev–Trinajstić information content (AvgIpc) is 2.54. The summed E-state index contributed by atoms with van der Waals surface area (Å²) in [6, 6.07) is 6.37. The van der Waals surface area contributed by atoms with Crippen molar-refractivity contribution in [1.82, 2.24) is 4.57 Å². The molecule has 1 heterocycles. The van der Waals surface area contributed by atoms with Gasteiger partial charge < -0.3 is 4.57 Å². The second kappa shape index (κ2) is 4.22. The molecule has 0 spiro atoms. The summed E-state index contributed by atoms with van der Waals surface area (Å²) in [7, 11) is 1.94. The predicted molar refractivity (Wildman–Crippen MR) is 66.4 cm³/mol. The molecule has 0 saturated heterocycles. The Morgan fingerprint density at radius 3 is 2.88 bits per heavy atom. The molecule has 2 aromatic rings. The molecular weight excluding hydrogens is 220 g/mol. The van der Waals surface area contributed by atoms with Crippen LogP contribution in [0.15, 0.2) is 23.2 Å². The van der Waals surface area contributed by atoms with Crippen LogP contribution in [0.25, 0.3) is 10.2 Å². The Balaban J connectivity index is 2.72. The number of hydrogen-bond donors (Lipinski definition) is 0. The Morgan fingerprint density at radius 2 is 2.25 bits per heavy atom. The highest BCUT2D eigenvalue weighted by atomic mass is 32.1. The van der Waals surface area contributed by atoms with Crippen LogP contribution in [0.5, 0.6) is 0 Å². The zero-order valence-electron chi connectivity index (χ0n) is 9.65. The van der Waals surface area contributed by atoms with Crippen LogP contribution in [0.1, 0.15) is 19.4 Å². The number of rotatable bonds is 1. The van der Waals surface area contributed by atoms with E-state index in [1.165, 1.54) is 17.2 Å². The number of thiazole rings is 1. The van der Waals surface area contributed by atoms with E-state index in [1.807, 2.05) is 11.6 Å². The number of aryl methyl sites for hydroxylation is 2. The maximum Gasteiger partial charge on any atom is 0.245 e. The molecule has 1 aromatic heterocycles. The van der Waals surface area contributed by atoms with Gasteiger partial charge in [-0.25, -0.2) is 0 Å². The molecule has 0 aliphatic carbocycles. The van der Waals surface area contributed by atoms with Gasteiger partial charge in [0.25, 0.3) is 0 Å². The summed E-state index contributed by atoms with van der Waals surface area (Å²) in [4.78, 5) is 15.7. The summed E-state index contributed by atoms with van der Waals surface area (Å²) in [5, 5.41) is 0. The quantitative estimate of drug-likeness (QED) is 0.745. The number of fused-ring (bicyclic) bond motifs is 1. The first kappa shape index (κ1) is 11.1. The Morgan fingerprint density at radius 1 is 1.50 bits per heavy atom. The van der Waals surface area contributed by atoms with Gasteiger partial charge in [-0.15, -0.1) is 0 Å². The van der Waals surface area contributed by atoms with Crippen molar-refractivity contribution in [1.29, 1.82) is 0 Å². The van der Waals surface area contributed by atoms with Gasteiger partial charge in [0, 0.05) is 14.0 Å². The van der Waals surface area contributed by atoms with Gasteiger partial charge in [0.05, 0.1) is 10.2 Å². The van der Waals surface area contributed by atoms with Gasteiger partial charge in [-0.2, -0.15) is 4.99 Å². The molecule has 4 heteroatoms. The molecule has 16 heavy (non-hydrogen) atoms. The number of hydrogen-bond acceptors (Lipinski definition) is 2. The van der Waals surface area contributed by atoms with Crippen LogP contribution in [-0.2, 0) is 18.3 Å². The van der Waals surface area contributed by atoms with Gasteiger partial charge in [-0.05, 0) is 24.1 Å². The first-order chi connectivity index (χ1) is 7.61. The summed E-state index contributed by atoms with van der Waals surface area (Å²) in [5.41, 5.74) is 2.44. The lowest BCUT2D eigenvalue weighted by Crippen LogP contribution is -2.11. The zero-order chi connectivity index (χ0) is 11.7. The third-order valence-corrected chi connectivity index (χ3v) is 3.63. The highest BCUT2D eigenvalue weighted by Gasteiger charge is 2.03. The van der Waals surface area contributed by atoms with E-state index in [4.69, 9.17) is 0 Å². The van der Waals surface area contributed by atoms with Crippen LogP contribution in [0.4, 0.5) is 0 Å². The Kier molecular flexibility index (Phi) is 2.92. The number of nitrogens with zero attached hydrogens (tertiary/aromatic N) is 2. The van der Waals surface area contributed by atoms with Crippen molar-refractivity contribution < 1.29 is 4.79 Å². The van der Waals surface area contributed by atoms with Crippen molar-refractivity contribution in [2.75, 3.05) is 0 Å². The molecule has 1 amide bonds. The topological polar surface area (TPSA) is 34.4 Å². The highest BCUT2D eigenvalue weighted by Crippen LogP contribution is 2.18. The van der Waals surface area contributed by atoms with Gasteiger partial charge in [0.1, 0.15) is 0 Å². The van der Waals surface area contributed by atoms with E-state index in [0.29, 0.717) is 0 Å². The van der Waals surface area contributed by atoms with Crippen molar-refractivity contribution >= 4 is 27.5 Å². The van der Waals surface area contributed by atoms with Crippen molar-refractivity contribution in [2.45, 2.75) is 20.3 Å². The van der Waals surface area contributed by atoms with Crippen LogP contribution in [0.2, 0.25) is 0 Å². The molecule has 0 N–H and O–H groups in total. The second-order valence-corrected chi connectivity index (χ2v) is 4.74. The minimum Gasteiger partial charge on any atom is -0.319 e. The number of amides is 1. The molecule has 0 fully saturated rings. The van der Waals surface area contributed by atoms with Crippen LogP contribution < -0.4 is 4.80 Å². The highest BCUT2D eigenvalue weighted by molar-refractivity contribution is 7.16. The second-order valence-electron chi connectivity index (χ2n) is 3.73. The molecule has 0 radical (unpaired) electrons. The van der Waals surface area contributed by atoms with Gasteiger partial charge in [0.2, 0.25) is 5.91 Å². The first-order valence-corrected chi connectivity index (χ1v) is 6.07. The summed E-state index contributed by atoms with van der Waals surface area (Å²) in [5.74, 6) is -0.155. The van der Waals surface area contributed by atoms with Crippen LogP contribution in [0, 0.1) is 0 Å². The fourth-order valence-electron chi connectivity index (χ4n) is 1.64. The molecule has 0 aliphatic rings. The molecule has 0 bridgehead atoms. The van der Waals surface area contributed by atoms with Crippen LogP contribution in [-0.4, -0.2) is 10.5 Å². The third-order valence-electron chi connectivity index (χ3n) is 2.54. The molecular formula is C12H14N2OS. The van der Waals surface area contributed by atoms with E-state index < -0.39 is 0 Å². The van der Waals surface area contributed by atoms with E-state index in [-0.39, 0.29) is 5.91 Å². The largest absolute Gasteiger partial charge is 0.319 e. The van der Waals surface area contributed by atoms with Gasteiger partial charge in [-0.3, -0.25) is 4.79 Å². The lowest BCUT2D eigenvalue weighted by atomic mass is 10.2. The van der Waals surface area contributed by atoms with E-state index in [0.717, 1.165) is 16.7 Å². The van der Waals surface area contributed by atoms with E-state index in [1.54, 1.807) is 11.3 Å². The Hall–Kier alpha value is -1.42. The van der Waals surface area contributed by atoms with Crippen LogP contribution >= 0.6 is 11.3 Å². The van der Waals surface area contributed by atoms with Crippen molar-refractivity contribution in [3.8, 4) is 0 Å². The lowest BCUT2D eigenvalue weighted by Gasteiger charge is -1.97. The lowest BCUT2D eigenvalue weighted by molar-refractivity contribution is -0.116.